The summed E-state index contributed by atoms with van der Waals surface area (Å²) in [5.74, 6) is -0.879. The molecular weight excluding hydrogens is 769 g/mol. The van der Waals surface area contributed by atoms with Gasteiger partial charge in [-0.3, -0.25) is 14.4 Å². The first-order valence-electron chi connectivity index (χ1n) is 27.0. The number of hydrogen-bond donors (Lipinski definition) is 0. The van der Waals surface area contributed by atoms with Gasteiger partial charge in [-0.05, 0) is 77.0 Å². The minimum atomic E-state index is -0.772. The largest absolute Gasteiger partial charge is 0.462 e. The van der Waals surface area contributed by atoms with Gasteiger partial charge in [0.15, 0.2) is 6.10 Å². The van der Waals surface area contributed by atoms with Gasteiger partial charge in [0.25, 0.3) is 0 Å². The fourth-order valence-electron chi connectivity index (χ4n) is 7.76. The van der Waals surface area contributed by atoms with Gasteiger partial charge in [0.2, 0.25) is 0 Å². The molecule has 6 heteroatoms. The van der Waals surface area contributed by atoms with E-state index in [9.17, 15) is 14.4 Å². The van der Waals surface area contributed by atoms with Gasteiger partial charge in [-0.25, -0.2) is 0 Å². The van der Waals surface area contributed by atoms with Crippen LogP contribution >= 0.6 is 0 Å². The first-order valence-corrected chi connectivity index (χ1v) is 27.0. The third-order valence-corrected chi connectivity index (χ3v) is 11.9. The Bertz CT molecular complexity index is 1050. The van der Waals surface area contributed by atoms with E-state index >= 15 is 0 Å². The van der Waals surface area contributed by atoms with Crippen LogP contribution in [0.3, 0.4) is 0 Å². The molecule has 1 atom stereocenters. The van der Waals surface area contributed by atoms with Crippen molar-refractivity contribution in [3.8, 4) is 0 Å². The van der Waals surface area contributed by atoms with E-state index in [1.165, 1.54) is 173 Å². The van der Waals surface area contributed by atoms with Gasteiger partial charge in [-0.2, -0.15) is 0 Å². The molecule has 0 radical (unpaired) electrons. The van der Waals surface area contributed by atoms with Crippen molar-refractivity contribution < 1.29 is 28.6 Å². The quantitative estimate of drug-likeness (QED) is 0.0262. The van der Waals surface area contributed by atoms with Gasteiger partial charge in [0.05, 0.1) is 0 Å². The molecule has 0 N–H and O–H groups in total. The van der Waals surface area contributed by atoms with E-state index in [4.69, 9.17) is 14.2 Å². The Labute approximate surface area is 385 Å². The molecule has 0 aliphatic carbocycles. The topological polar surface area (TPSA) is 78.9 Å². The molecule has 0 spiro atoms. The van der Waals surface area contributed by atoms with Crippen LogP contribution in [-0.2, 0) is 28.6 Å². The summed E-state index contributed by atoms with van der Waals surface area (Å²) in [6.45, 7) is 6.59. The summed E-state index contributed by atoms with van der Waals surface area (Å²) in [5, 5.41) is 0. The summed E-state index contributed by atoms with van der Waals surface area (Å²) in [6, 6.07) is 0. The maximum absolute atomic E-state index is 12.8. The van der Waals surface area contributed by atoms with Crippen molar-refractivity contribution in [1.29, 1.82) is 0 Å². The monoisotopic (exact) mass is 871 g/mol. The Morgan fingerprint density at radius 1 is 0.323 bits per heavy atom. The van der Waals surface area contributed by atoms with Crippen LogP contribution in [0.15, 0.2) is 36.5 Å². The molecule has 1 unspecified atom stereocenters. The molecule has 0 aliphatic heterocycles. The fourth-order valence-corrected chi connectivity index (χ4v) is 7.76. The minimum absolute atomic E-state index is 0.0736. The molecule has 362 valence electrons. The zero-order chi connectivity index (χ0) is 45.1. The van der Waals surface area contributed by atoms with E-state index in [1.807, 2.05) is 0 Å². The average molecular weight is 871 g/mol. The minimum Gasteiger partial charge on any atom is -0.462 e. The van der Waals surface area contributed by atoms with Crippen LogP contribution in [0.2, 0.25) is 0 Å². The lowest BCUT2D eigenvalue weighted by Gasteiger charge is -2.18. The molecule has 6 nitrogen and oxygen atoms in total. The van der Waals surface area contributed by atoms with Crippen molar-refractivity contribution in [2.24, 2.45) is 0 Å². The third kappa shape index (κ3) is 48.7. The molecule has 0 rings (SSSR count). The van der Waals surface area contributed by atoms with Gasteiger partial charge in [0, 0.05) is 19.3 Å². The van der Waals surface area contributed by atoms with Crippen LogP contribution in [0.1, 0.15) is 284 Å². The lowest BCUT2D eigenvalue weighted by Crippen LogP contribution is -2.30. The van der Waals surface area contributed by atoms with Gasteiger partial charge in [-0.15, -0.1) is 0 Å². The lowest BCUT2D eigenvalue weighted by atomic mass is 10.0. The molecule has 0 amide bonds. The number of hydrogen-bond acceptors (Lipinski definition) is 6. The molecular formula is C56H102O6. The first kappa shape index (κ1) is 59.6. The number of esters is 3. The SMILES string of the molecule is CCCCCC/C=C\CCCCCCCC(=O)OC(COC(=O)CCCCCCCCCC)COC(=O)CCCCCCCCCCCCC/C=C\C/C=C\CCCCCCC. The molecule has 0 aromatic carbocycles. The zero-order valence-corrected chi connectivity index (χ0v) is 41.4. The maximum Gasteiger partial charge on any atom is 0.306 e. The van der Waals surface area contributed by atoms with Crippen LogP contribution in [0.5, 0.6) is 0 Å². The van der Waals surface area contributed by atoms with E-state index in [1.54, 1.807) is 0 Å². The Balaban J connectivity index is 4.18. The Hall–Kier alpha value is -2.37. The molecule has 0 aliphatic rings. The maximum atomic E-state index is 12.8. The van der Waals surface area contributed by atoms with Crippen LogP contribution in [0.4, 0.5) is 0 Å². The van der Waals surface area contributed by atoms with E-state index in [0.717, 1.165) is 70.6 Å². The highest BCUT2D eigenvalue weighted by Gasteiger charge is 2.19. The summed E-state index contributed by atoms with van der Waals surface area (Å²) in [4.78, 5) is 37.8. The summed E-state index contributed by atoms with van der Waals surface area (Å²) < 4.78 is 16.8. The summed E-state index contributed by atoms with van der Waals surface area (Å²) >= 11 is 0. The Morgan fingerprint density at radius 2 is 0.581 bits per heavy atom. The average Bonchev–Trinajstić information content (AvgIpc) is 3.27. The van der Waals surface area contributed by atoms with Gasteiger partial charge >= 0.3 is 17.9 Å². The molecule has 62 heavy (non-hydrogen) atoms. The van der Waals surface area contributed by atoms with Crippen LogP contribution in [-0.4, -0.2) is 37.2 Å². The second kappa shape index (κ2) is 51.3. The second-order valence-electron chi connectivity index (χ2n) is 18.1. The van der Waals surface area contributed by atoms with Crippen LogP contribution < -0.4 is 0 Å². The summed E-state index contributed by atoms with van der Waals surface area (Å²) in [5.41, 5.74) is 0. The lowest BCUT2D eigenvalue weighted by molar-refractivity contribution is -0.167. The highest BCUT2D eigenvalue weighted by atomic mass is 16.6. The normalized spacial score (nSPS) is 12.2. The molecule has 0 saturated carbocycles. The second-order valence-corrected chi connectivity index (χ2v) is 18.1. The highest BCUT2D eigenvalue weighted by molar-refractivity contribution is 5.71. The predicted molar refractivity (Wildman–Crippen MR) is 266 cm³/mol. The number of unbranched alkanes of at least 4 members (excludes halogenated alkanes) is 32. The molecule has 0 bridgehead atoms. The van der Waals surface area contributed by atoms with Crippen molar-refractivity contribution in [3.05, 3.63) is 36.5 Å². The number of ether oxygens (including phenoxy) is 3. The predicted octanol–water partition coefficient (Wildman–Crippen LogP) is 17.7. The molecule has 0 aromatic heterocycles. The smallest absolute Gasteiger partial charge is 0.306 e. The van der Waals surface area contributed by atoms with Crippen LogP contribution in [0.25, 0.3) is 0 Å². The molecule has 0 aromatic rings. The summed E-state index contributed by atoms with van der Waals surface area (Å²) in [7, 11) is 0. The van der Waals surface area contributed by atoms with Gasteiger partial charge in [0.1, 0.15) is 13.2 Å². The van der Waals surface area contributed by atoms with E-state index in [2.05, 4.69) is 57.2 Å². The molecule has 0 heterocycles. The van der Waals surface area contributed by atoms with Gasteiger partial charge < -0.3 is 14.2 Å². The van der Waals surface area contributed by atoms with E-state index < -0.39 is 6.10 Å². The van der Waals surface area contributed by atoms with Crippen molar-refractivity contribution in [1.82, 2.24) is 0 Å². The van der Waals surface area contributed by atoms with Crippen molar-refractivity contribution >= 4 is 17.9 Å². The number of carbonyl (C=O) groups excluding carboxylic acids is 3. The van der Waals surface area contributed by atoms with Crippen molar-refractivity contribution in [2.45, 2.75) is 290 Å². The zero-order valence-electron chi connectivity index (χ0n) is 41.4. The first-order chi connectivity index (χ1) is 30.5. The molecule has 0 fully saturated rings. The van der Waals surface area contributed by atoms with Crippen molar-refractivity contribution in [3.63, 3.8) is 0 Å². The number of carbonyl (C=O) groups is 3. The standard InChI is InChI=1S/C56H102O6/c1-4-7-10-13-16-19-21-23-24-25-26-27-28-29-30-31-32-34-35-37-40-43-46-49-55(58)61-52-53(51-60-54(57)48-45-42-39-18-15-12-9-6-3)62-56(59)50-47-44-41-38-36-33-22-20-17-14-11-8-5-2/h20-23,25-26,53H,4-19,24,27-52H2,1-3H3/b22-20-,23-21-,26-25-. The highest BCUT2D eigenvalue weighted by Crippen LogP contribution is 2.15. The van der Waals surface area contributed by atoms with Crippen LogP contribution in [0, 0.1) is 0 Å². The van der Waals surface area contributed by atoms with E-state index in [-0.39, 0.29) is 31.1 Å². The fraction of sp³-hybridized carbons (Fsp3) is 0.839. The van der Waals surface area contributed by atoms with Crippen molar-refractivity contribution in [2.75, 3.05) is 13.2 Å². The molecule has 0 saturated heterocycles. The Kier molecular flexibility index (Phi) is 49.3. The third-order valence-electron chi connectivity index (χ3n) is 11.9. The van der Waals surface area contributed by atoms with Gasteiger partial charge in [-0.1, -0.05) is 224 Å². The van der Waals surface area contributed by atoms with E-state index in [0.29, 0.717) is 19.3 Å². The number of allylic oxidation sites excluding steroid dienone is 6. The summed E-state index contributed by atoms with van der Waals surface area (Å²) in [6.07, 6.45) is 60.0. The Morgan fingerprint density at radius 3 is 0.919 bits per heavy atom. The number of rotatable bonds is 49.